The van der Waals surface area contributed by atoms with Gasteiger partial charge in [-0.2, -0.15) is 0 Å². The van der Waals surface area contributed by atoms with Gasteiger partial charge >= 0.3 is 0 Å². The molecule has 0 rings (SSSR count). The van der Waals surface area contributed by atoms with E-state index in [1.54, 1.807) is 6.92 Å². The lowest BCUT2D eigenvalue weighted by molar-refractivity contribution is -0.126. The number of hydrogen-bond acceptors (Lipinski definition) is 7. The third-order valence-corrected chi connectivity index (χ3v) is 9.90. The molecule has 0 radical (unpaired) electrons. The van der Waals surface area contributed by atoms with Gasteiger partial charge in [-0.05, 0) is 58.8 Å². The number of aliphatic hydroxyl groups excluding tert-OH is 2. The summed E-state index contributed by atoms with van der Waals surface area (Å²) in [6.07, 6.45) is 31.1. The summed E-state index contributed by atoms with van der Waals surface area (Å²) in [7, 11) is 2.79. The van der Waals surface area contributed by atoms with Crippen molar-refractivity contribution in [2.24, 2.45) is 11.7 Å². The molecule has 0 aromatic heterocycles. The van der Waals surface area contributed by atoms with E-state index in [2.05, 4.69) is 78.3 Å². The quantitative estimate of drug-likeness (QED) is 0.0631. The van der Waals surface area contributed by atoms with Crippen LogP contribution in [0.1, 0.15) is 79.1 Å². The maximum absolute atomic E-state index is 12.4. The third kappa shape index (κ3) is 22.9. The van der Waals surface area contributed by atoms with E-state index in [0.717, 1.165) is 38.5 Å². The molecule has 0 bridgehead atoms. The molecule has 3 atom stereocenters. The van der Waals surface area contributed by atoms with Crippen molar-refractivity contribution < 1.29 is 24.6 Å². The molecule has 0 heterocycles. The number of amides is 3. The second-order valence-corrected chi connectivity index (χ2v) is 13.7. The fourth-order valence-electron chi connectivity index (χ4n) is 3.39. The lowest BCUT2D eigenvalue weighted by atomic mass is 9.96. The summed E-state index contributed by atoms with van der Waals surface area (Å²) < 4.78 is -0.499. The Balaban J connectivity index is 4.21. The van der Waals surface area contributed by atoms with Crippen LogP contribution in [-0.2, 0) is 14.4 Å². The van der Waals surface area contributed by atoms with Crippen molar-refractivity contribution in [2.75, 3.05) is 18.9 Å². The average Bonchev–Trinajstić information content (AvgIpc) is 2.99. The first-order chi connectivity index (χ1) is 21.0. The van der Waals surface area contributed by atoms with Crippen molar-refractivity contribution in [1.82, 2.24) is 10.6 Å². The van der Waals surface area contributed by atoms with E-state index >= 15 is 0 Å². The van der Waals surface area contributed by atoms with Gasteiger partial charge in [0.2, 0.25) is 17.7 Å². The number of carbonyl (C=O) groups is 3. The number of nitrogens with two attached hydrogens (primary N) is 1. The largest absolute Gasteiger partial charge is 0.394 e. The highest BCUT2D eigenvalue weighted by Crippen LogP contribution is 2.41. The Bertz CT molecular complexity index is 989. The second-order valence-electron chi connectivity index (χ2n) is 10.8. The van der Waals surface area contributed by atoms with Crippen LogP contribution in [0.3, 0.4) is 0 Å². The Morgan fingerprint density at radius 2 is 1.32 bits per heavy atom. The SMILES string of the molecule is CC/C=C\C/C=C\C/C=C\C/C=C\C/C=C\C/C=C\CCC(=O)N[C@@H](CSSC(C)(C)[C@H](C)C(=O)NC[C@@H](O)CO)C(N)=O. The number of hydrogen-bond donors (Lipinski definition) is 5. The summed E-state index contributed by atoms with van der Waals surface area (Å²) >= 11 is 0. The van der Waals surface area contributed by atoms with Crippen LogP contribution >= 0.6 is 21.6 Å². The first-order valence-electron chi connectivity index (χ1n) is 15.4. The summed E-state index contributed by atoms with van der Waals surface area (Å²) in [4.78, 5) is 36.7. The Morgan fingerprint density at radius 3 is 1.77 bits per heavy atom. The molecular formula is C34H55N3O5S2. The minimum Gasteiger partial charge on any atom is -0.394 e. The van der Waals surface area contributed by atoms with Gasteiger partial charge in [-0.15, -0.1) is 0 Å². The molecule has 0 fully saturated rings. The zero-order valence-electron chi connectivity index (χ0n) is 27.0. The molecule has 0 saturated heterocycles. The lowest BCUT2D eigenvalue weighted by Crippen LogP contribution is -2.46. The van der Waals surface area contributed by atoms with E-state index in [1.807, 2.05) is 26.0 Å². The van der Waals surface area contributed by atoms with Crippen LogP contribution in [0, 0.1) is 5.92 Å². The number of rotatable bonds is 25. The lowest BCUT2D eigenvalue weighted by Gasteiger charge is -2.30. The van der Waals surface area contributed by atoms with Crippen LogP contribution < -0.4 is 16.4 Å². The van der Waals surface area contributed by atoms with Gasteiger partial charge in [-0.1, -0.05) is 108 Å². The molecule has 44 heavy (non-hydrogen) atoms. The van der Waals surface area contributed by atoms with Crippen molar-refractivity contribution in [3.63, 3.8) is 0 Å². The van der Waals surface area contributed by atoms with Crippen LogP contribution in [0.2, 0.25) is 0 Å². The fourth-order valence-corrected chi connectivity index (χ4v) is 6.36. The molecule has 6 N–H and O–H groups in total. The van der Waals surface area contributed by atoms with Crippen molar-refractivity contribution in [3.8, 4) is 0 Å². The first-order valence-corrected chi connectivity index (χ1v) is 17.7. The zero-order valence-corrected chi connectivity index (χ0v) is 28.6. The monoisotopic (exact) mass is 649 g/mol. The normalized spacial score (nSPS) is 14.9. The summed E-state index contributed by atoms with van der Waals surface area (Å²) in [5.41, 5.74) is 5.51. The van der Waals surface area contributed by atoms with Crippen molar-refractivity contribution in [2.45, 2.75) is 96.0 Å². The van der Waals surface area contributed by atoms with E-state index < -0.39 is 35.3 Å². The Hall–Kier alpha value is -2.53. The molecule has 0 aliphatic heterocycles. The predicted molar refractivity (Wildman–Crippen MR) is 188 cm³/mol. The summed E-state index contributed by atoms with van der Waals surface area (Å²) in [6.45, 7) is 7.27. The smallest absolute Gasteiger partial charge is 0.240 e. The van der Waals surface area contributed by atoms with Gasteiger partial charge < -0.3 is 26.6 Å². The van der Waals surface area contributed by atoms with Gasteiger partial charge in [-0.3, -0.25) is 14.4 Å². The average molecular weight is 650 g/mol. The van der Waals surface area contributed by atoms with Gasteiger partial charge in [-0.25, -0.2) is 0 Å². The summed E-state index contributed by atoms with van der Waals surface area (Å²) in [5.74, 6) is -1.24. The van der Waals surface area contributed by atoms with E-state index in [-0.39, 0.29) is 30.5 Å². The standard InChI is InChI=1S/C34H55N3O5S2/c1-5-6-7-8-9-10-11-12-13-14-15-16-17-18-19-20-21-22-23-24-31(40)37-30(32(35)41)27-43-44-34(3,4)28(2)33(42)36-25-29(39)26-38/h6-7,9-10,12-13,15-16,18-19,21-22,28-30,38-39H,5,8,11,14,17,20,23-27H2,1-4H3,(H2,35,41)(H,36,42)(H,37,40)/b7-6-,10-9-,13-12-,16-15-,19-18-,22-21-/t28-,29-,30+/m1/s1. The Labute approximate surface area is 273 Å². The molecule has 0 aromatic rings. The number of carbonyl (C=O) groups excluding carboxylic acids is 3. The number of nitrogens with one attached hydrogen (secondary N) is 2. The summed E-state index contributed by atoms with van der Waals surface area (Å²) in [5, 5.41) is 23.7. The van der Waals surface area contributed by atoms with Crippen LogP contribution in [0.15, 0.2) is 72.9 Å². The molecule has 0 aliphatic carbocycles. The number of primary amides is 1. The molecule has 8 nitrogen and oxygen atoms in total. The molecule has 0 unspecified atom stereocenters. The van der Waals surface area contributed by atoms with Gasteiger partial charge in [0.15, 0.2) is 0 Å². The second kappa shape index (κ2) is 26.8. The van der Waals surface area contributed by atoms with Crippen molar-refractivity contribution in [1.29, 1.82) is 0 Å². The first kappa shape index (κ1) is 41.5. The van der Waals surface area contributed by atoms with E-state index in [1.165, 1.54) is 21.6 Å². The third-order valence-electron chi connectivity index (χ3n) is 6.48. The molecule has 0 aliphatic rings. The molecule has 3 amide bonds. The minimum absolute atomic E-state index is 0.0259. The van der Waals surface area contributed by atoms with Gasteiger partial charge in [0.05, 0.1) is 18.6 Å². The minimum atomic E-state index is -1.00. The van der Waals surface area contributed by atoms with Crippen LogP contribution in [0.4, 0.5) is 0 Å². The topological polar surface area (TPSA) is 142 Å². The Morgan fingerprint density at radius 1 is 0.841 bits per heavy atom. The molecule has 0 saturated carbocycles. The van der Waals surface area contributed by atoms with Gasteiger partial charge in [0.1, 0.15) is 6.04 Å². The molecule has 10 heteroatoms. The zero-order chi connectivity index (χ0) is 33.1. The van der Waals surface area contributed by atoms with Crippen molar-refractivity contribution in [3.05, 3.63) is 72.9 Å². The number of allylic oxidation sites excluding steroid dienone is 12. The highest BCUT2D eigenvalue weighted by Gasteiger charge is 2.33. The van der Waals surface area contributed by atoms with Crippen molar-refractivity contribution >= 4 is 39.3 Å². The Kier molecular flexibility index (Phi) is 25.3. The molecular weight excluding hydrogens is 595 g/mol. The predicted octanol–water partition coefficient (Wildman–Crippen LogP) is 5.70. The highest BCUT2D eigenvalue weighted by atomic mass is 33.1. The van der Waals surface area contributed by atoms with Gasteiger partial charge in [0, 0.05) is 23.5 Å². The molecule has 248 valence electrons. The van der Waals surface area contributed by atoms with E-state index in [4.69, 9.17) is 10.8 Å². The molecule has 0 spiro atoms. The van der Waals surface area contributed by atoms with Crippen LogP contribution in [0.5, 0.6) is 0 Å². The van der Waals surface area contributed by atoms with Crippen LogP contribution in [-0.4, -0.2) is 63.7 Å². The fraction of sp³-hybridized carbons (Fsp3) is 0.559. The maximum Gasteiger partial charge on any atom is 0.240 e. The van der Waals surface area contributed by atoms with E-state index in [9.17, 15) is 19.5 Å². The van der Waals surface area contributed by atoms with Gasteiger partial charge in [0.25, 0.3) is 0 Å². The molecule has 0 aromatic carbocycles. The highest BCUT2D eigenvalue weighted by molar-refractivity contribution is 8.77. The summed E-state index contributed by atoms with van der Waals surface area (Å²) in [6, 6.07) is -0.815. The number of aliphatic hydroxyl groups is 2. The van der Waals surface area contributed by atoms with E-state index in [0.29, 0.717) is 6.42 Å². The maximum atomic E-state index is 12.4. The van der Waals surface area contributed by atoms with Crippen LogP contribution in [0.25, 0.3) is 0 Å².